The molecule has 1 aliphatic rings. The second kappa shape index (κ2) is 6.53. The molecule has 0 saturated heterocycles. The number of hydrogen-bond acceptors (Lipinski definition) is 2. The number of para-hydroxylation sites is 2. The molecule has 0 unspecified atom stereocenters. The summed E-state index contributed by atoms with van der Waals surface area (Å²) < 4.78 is 0. The molecule has 2 rings (SSSR count). The van der Waals surface area contributed by atoms with Gasteiger partial charge in [-0.15, -0.1) is 0 Å². The average molecular weight is 235 g/mol. The van der Waals surface area contributed by atoms with Crippen LogP contribution in [0.25, 0.3) is 0 Å². The molecule has 17 heavy (non-hydrogen) atoms. The molecule has 0 aromatic heterocycles. The van der Waals surface area contributed by atoms with Crippen LogP contribution in [0.1, 0.15) is 52.4 Å². The Balaban J connectivity index is 0.000000171. The van der Waals surface area contributed by atoms with E-state index in [0.29, 0.717) is 5.69 Å². The van der Waals surface area contributed by atoms with Crippen LogP contribution in [-0.4, -0.2) is 5.11 Å². The lowest BCUT2D eigenvalue weighted by molar-refractivity contribution is 0.305. The highest BCUT2D eigenvalue weighted by molar-refractivity contribution is 5.50. The van der Waals surface area contributed by atoms with Crippen LogP contribution in [0.15, 0.2) is 24.3 Å². The summed E-state index contributed by atoms with van der Waals surface area (Å²) in [6.45, 7) is 4.74. The number of hydrogen-bond donors (Lipinski definition) is 2. The van der Waals surface area contributed by atoms with E-state index in [0.717, 1.165) is 5.41 Å². The van der Waals surface area contributed by atoms with Gasteiger partial charge in [-0.25, -0.2) is 0 Å². The largest absolute Gasteiger partial charge is 0.506 e. The number of aromatic hydroxyl groups is 1. The molecule has 0 bridgehead atoms. The number of rotatable bonds is 2. The minimum Gasteiger partial charge on any atom is -0.506 e. The Morgan fingerprint density at radius 3 is 2.24 bits per heavy atom. The minimum atomic E-state index is 0.146. The van der Waals surface area contributed by atoms with Crippen LogP contribution in [0.2, 0.25) is 0 Å². The number of phenols is 1. The number of benzene rings is 1. The Morgan fingerprint density at radius 1 is 1.24 bits per heavy atom. The Kier molecular flexibility index (Phi) is 5.33. The van der Waals surface area contributed by atoms with Crippen molar-refractivity contribution < 1.29 is 5.11 Å². The fourth-order valence-electron chi connectivity index (χ4n) is 2.57. The van der Waals surface area contributed by atoms with Gasteiger partial charge in [0.1, 0.15) is 5.75 Å². The third-order valence-electron chi connectivity index (χ3n) is 3.60. The van der Waals surface area contributed by atoms with E-state index < -0.39 is 0 Å². The molecule has 0 radical (unpaired) electrons. The van der Waals surface area contributed by atoms with E-state index in [1.54, 1.807) is 24.3 Å². The number of nitrogen functional groups attached to an aromatic ring is 1. The zero-order valence-electron chi connectivity index (χ0n) is 11.1. The van der Waals surface area contributed by atoms with E-state index in [2.05, 4.69) is 13.8 Å². The van der Waals surface area contributed by atoms with Crippen molar-refractivity contribution in [3.8, 4) is 5.75 Å². The van der Waals surface area contributed by atoms with Gasteiger partial charge in [0.15, 0.2) is 0 Å². The quantitative estimate of drug-likeness (QED) is 0.591. The molecule has 0 amide bonds. The summed E-state index contributed by atoms with van der Waals surface area (Å²) in [5, 5.41) is 8.79. The van der Waals surface area contributed by atoms with Gasteiger partial charge in [0.2, 0.25) is 0 Å². The molecule has 1 aromatic rings. The second-order valence-electron chi connectivity index (χ2n) is 5.33. The highest BCUT2D eigenvalue weighted by Gasteiger charge is 2.26. The van der Waals surface area contributed by atoms with Crippen LogP contribution in [0, 0.1) is 5.41 Å². The van der Waals surface area contributed by atoms with Crippen molar-refractivity contribution in [3.05, 3.63) is 24.3 Å². The zero-order valence-corrected chi connectivity index (χ0v) is 11.1. The van der Waals surface area contributed by atoms with Crippen LogP contribution in [0.4, 0.5) is 5.69 Å². The molecule has 2 nitrogen and oxygen atoms in total. The summed E-state index contributed by atoms with van der Waals surface area (Å²) in [4.78, 5) is 0. The van der Waals surface area contributed by atoms with Gasteiger partial charge in [0.05, 0.1) is 5.69 Å². The maximum Gasteiger partial charge on any atom is 0.138 e. The predicted octanol–water partition coefficient (Wildman–Crippen LogP) is 4.34. The van der Waals surface area contributed by atoms with Crippen molar-refractivity contribution in [2.45, 2.75) is 52.4 Å². The van der Waals surface area contributed by atoms with E-state index in [1.807, 2.05) is 0 Å². The van der Waals surface area contributed by atoms with Gasteiger partial charge in [-0.2, -0.15) is 0 Å². The average Bonchev–Trinajstić information content (AvgIpc) is 2.71. The van der Waals surface area contributed by atoms with Gasteiger partial charge in [-0.3, -0.25) is 0 Å². The maximum absolute atomic E-state index is 8.79. The molecule has 0 aliphatic heterocycles. The summed E-state index contributed by atoms with van der Waals surface area (Å²) >= 11 is 0. The molecule has 0 heterocycles. The van der Waals surface area contributed by atoms with Crippen molar-refractivity contribution in [1.29, 1.82) is 0 Å². The van der Waals surface area contributed by atoms with Crippen molar-refractivity contribution >= 4 is 5.69 Å². The number of phenolic OH excluding ortho intramolecular Hbond substituents is 1. The topological polar surface area (TPSA) is 46.2 Å². The predicted molar refractivity (Wildman–Crippen MR) is 74.0 cm³/mol. The van der Waals surface area contributed by atoms with Gasteiger partial charge in [0, 0.05) is 0 Å². The number of anilines is 1. The smallest absolute Gasteiger partial charge is 0.138 e. The lowest BCUT2D eigenvalue weighted by Gasteiger charge is -2.21. The SMILES string of the molecule is CCCC1(C)CCCC1.Nc1ccccc1O. The minimum absolute atomic E-state index is 0.146. The summed E-state index contributed by atoms with van der Waals surface area (Å²) in [7, 11) is 0. The van der Waals surface area contributed by atoms with E-state index in [1.165, 1.54) is 38.5 Å². The van der Waals surface area contributed by atoms with Crippen LogP contribution in [-0.2, 0) is 0 Å². The molecule has 0 atom stereocenters. The monoisotopic (exact) mass is 235 g/mol. The second-order valence-corrected chi connectivity index (χ2v) is 5.33. The lowest BCUT2D eigenvalue weighted by atomic mass is 9.84. The van der Waals surface area contributed by atoms with Crippen LogP contribution in [0.5, 0.6) is 5.75 Å². The van der Waals surface area contributed by atoms with Crippen molar-refractivity contribution in [1.82, 2.24) is 0 Å². The molecule has 2 heteroatoms. The van der Waals surface area contributed by atoms with Crippen molar-refractivity contribution in [2.24, 2.45) is 5.41 Å². The van der Waals surface area contributed by atoms with Gasteiger partial charge in [0.25, 0.3) is 0 Å². The van der Waals surface area contributed by atoms with Gasteiger partial charge in [-0.1, -0.05) is 45.2 Å². The fourth-order valence-corrected chi connectivity index (χ4v) is 2.57. The summed E-state index contributed by atoms with van der Waals surface area (Å²) in [6, 6.07) is 6.70. The lowest BCUT2D eigenvalue weighted by Crippen LogP contribution is -2.09. The Labute approximate surface area is 105 Å². The Bertz CT molecular complexity index is 308. The first-order chi connectivity index (χ1) is 8.07. The molecular formula is C15H25NO. The molecular weight excluding hydrogens is 210 g/mol. The normalized spacial score (nSPS) is 17.3. The molecule has 1 aliphatic carbocycles. The molecule has 1 aromatic carbocycles. The van der Waals surface area contributed by atoms with Gasteiger partial charge >= 0.3 is 0 Å². The zero-order chi connectivity index (χ0) is 12.7. The molecule has 0 spiro atoms. The maximum atomic E-state index is 8.79. The third-order valence-corrected chi connectivity index (χ3v) is 3.60. The van der Waals surface area contributed by atoms with Gasteiger partial charge < -0.3 is 10.8 Å². The first-order valence-corrected chi connectivity index (χ1v) is 6.61. The van der Waals surface area contributed by atoms with E-state index >= 15 is 0 Å². The molecule has 96 valence electrons. The van der Waals surface area contributed by atoms with E-state index in [-0.39, 0.29) is 5.75 Å². The van der Waals surface area contributed by atoms with Crippen molar-refractivity contribution in [3.63, 3.8) is 0 Å². The Morgan fingerprint density at radius 2 is 1.82 bits per heavy atom. The van der Waals surface area contributed by atoms with Crippen LogP contribution in [0.3, 0.4) is 0 Å². The highest BCUT2D eigenvalue weighted by atomic mass is 16.3. The fraction of sp³-hybridized carbons (Fsp3) is 0.600. The number of nitrogens with two attached hydrogens (primary N) is 1. The molecule has 3 N–H and O–H groups in total. The van der Waals surface area contributed by atoms with E-state index in [4.69, 9.17) is 10.8 Å². The van der Waals surface area contributed by atoms with Crippen molar-refractivity contribution in [2.75, 3.05) is 5.73 Å². The summed E-state index contributed by atoms with van der Waals surface area (Å²) in [5.74, 6) is 0.146. The first kappa shape index (κ1) is 13.9. The first-order valence-electron chi connectivity index (χ1n) is 6.61. The van der Waals surface area contributed by atoms with Crippen LogP contribution < -0.4 is 5.73 Å². The van der Waals surface area contributed by atoms with Crippen LogP contribution >= 0.6 is 0 Å². The van der Waals surface area contributed by atoms with E-state index in [9.17, 15) is 0 Å². The Hall–Kier alpha value is -1.18. The highest BCUT2D eigenvalue weighted by Crippen LogP contribution is 2.40. The summed E-state index contributed by atoms with van der Waals surface area (Å²) in [6.07, 6.45) is 8.76. The standard InChI is InChI=1S/C9H18.C6H7NO/c1-3-6-9(2)7-4-5-8-9;7-5-3-1-2-4-6(5)8/h3-8H2,1-2H3;1-4,8H,7H2. The van der Waals surface area contributed by atoms with Gasteiger partial charge in [-0.05, 0) is 36.8 Å². The molecule has 1 saturated carbocycles. The third kappa shape index (κ3) is 4.68. The summed E-state index contributed by atoms with van der Waals surface area (Å²) in [5.41, 5.74) is 6.44. The molecule has 1 fully saturated rings.